The van der Waals surface area contributed by atoms with Gasteiger partial charge in [-0.05, 0) is 34.9 Å². The van der Waals surface area contributed by atoms with Gasteiger partial charge in [-0.2, -0.15) is 12.6 Å². The number of hydrogen-bond acceptors (Lipinski definition) is 4. The lowest BCUT2D eigenvalue weighted by atomic mass is 10.1. The van der Waals surface area contributed by atoms with E-state index in [4.69, 9.17) is 0 Å². The third-order valence-electron chi connectivity index (χ3n) is 1.76. The SMILES string of the molecule is CC(S)c1ccc2nonc2c1. The standard InChI is InChI=1S/C8H8N2OS/c1-5(12)6-2-3-7-8(4-6)10-11-9-7/h2-5,12H,1H3. The van der Waals surface area contributed by atoms with Crippen molar-refractivity contribution in [3.63, 3.8) is 0 Å². The first-order valence-corrected chi connectivity index (χ1v) is 4.19. The number of benzene rings is 1. The van der Waals surface area contributed by atoms with Crippen LogP contribution >= 0.6 is 12.6 Å². The molecule has 1 unspecified atom stereocenters. The van der Waals surface area contributed by atoms with Gasteiger partial charge in [0.25, 0.3) is 0 Å². The van der Waals surface area contributed by atoms with Crippen LogP contribution in [0.1, 0.15) is 17.7 Å². The van der Waals surface area contributed by atoms with Gasteiger partial charge in [0.15, 0.2) is 0 Å². The van der Waals surface area contributed by atoms with Gasteiger partial charge in [0, 0.05) is 5.25 Å². The van der Waals surface area contributed by atoms with E-state index in [2.05, 4.69) is 27.6 Å². The first-order chi connectivity index (χ1) is 5.77. The molecular weight excluding hydrogens is 172 g/mol. The molecule has 0 saturated carbocycles. The first-order valence-electron chi connectivity index (χ1n) is 3.67. The van der Waals surface area contributed by atoms with E-state index in [-0.39, 0.29) is 5.25 Å². The summed E-state index contributed by atoms with van der Waals surface area (Å²) in [5.74, 6) is 0. The number of fused-ring (bicyclic) bond motifs is 1. The summed E-state index contributed by atoms with van der Waals surface area (Å²) in [6, 6.07) is 5.79. The summed E-state index contributed by atoms with van der Waals surface area (Å²) in [7, 11) is 0. The Morgan fingerprint density at radius 1 is 1.33 bits per heavy atom. The highest BCUT2D eigenvalue weighted by atomic mass is 32.1. The van der Waals surface area contributed by atoms with E-state index in [0.29, 0.717) is 0 Å². The number of nitrogens with zero attached hydrogens (tertiary/aromatic N) is 2. The molecule has 62 valence electrons. The highest BCUT2D eigenvalue weighted by Gasteiger charge is 2.03. The number of hydrogen-bond donors (Lipinski definition) is 1. The Morgan fingerprint density at radius 2 is 2.08 bits per heavy atom. The average molecular weight is 180 g/mol. The molecular formula is C8H8N2OS. The molecule has 1 aromatic carbocycles. The summed E-state index contributed by atoms with van der Waals surface area (Å²) in [5, 5.41) is 7.66. The van der Waals surface area contributed by atoms with Crippen molar-refractivity contribution in [2.45, 2.75) is 12.2 Å². The fraction of sp³-hybridized carbons (Fsp3) is 0.250. The zero-order chi connectivity index (χ0) is 8.55. The molecule has 2 aromatic rings. The van der Waals surface area contributed by atoms with Gasteiger partial charge < -0.3 is 0 Å². The largest absolute Gasteiger partial charge is 0.243 e. The lowest BCUT2D eigenvalue weighted by molar-refractivity contribution is 0.315. The van der Waals surface area contributed by atoms with Gasteiger partial charge in [-0.1, -0.05) is 6.07 Å². The van der Waals surface area contributed by atoms with Crippen LogP contribution in [0.3, 0.4) is 0 Å². The third-order valence-corrected chi connectivity index (χ3v) is 2.06. The lowest BCUT2D eigenvalue weighted by Crippen LogP contribution is -1.83. The van der Waals surface area contributed by atoms with Crippen LogP contribution in [0.15, 0.2) is 22.8 Å². The van der Waals surface area contributed by atoms with Crippen molar-refractivity contribution in [3.05, 3.63) is 23.8 Å². The van der Waals surface area contributed by atoms with Crippen molar-refractivity contribution >= 4 is 23.7 Å². The molecule has 1 heterocycles. The smallest absolute Gasteiger partial charge is 0.135 e. The summed E-state index contributed by atoms with van der Waals surface area (Å²) < 4.78 is 4.57. The van der Waals surface area contributed by atoms with Crippen molar-refractivity contribution < 1.29 is 4.63 Å². The van der Waals surface area contributed by atoms with Gasteiger partial charge in [0.2, 0.25) is 0 Å². The molecule has 0 bridgehead atoms. The minimum atomic E-state index is 0.214. The monoisotopic (exact) mass is 180 g/mol. The highest BCUT2D eigenvalue weighted by molar-refractivity contribution is 7.80. The minimum absolute atomic E-state index is 0.214. The van der Waals surface area contributed by atoms with Crippen molar-refractivity contribution in [1.29, 1.82) is 0 Å². The lowest BCUT2D eigenvalue weighted by Gasteiger charge is -2.01. The summed E-state index contributed by atoms with van der Waals surface area (Å²) in [5.41, 5.74) is 2.70. The predicted molar refractivity (Wildman–Crippen MR) is 49.2 cm³/mol. The predicted octanol–water partition coefficient (Wildman–Crippen LogP) is 2.21. The van der Waals surface area contributed by atoms with Crippen molar-refractivity contribution in [3.8, 4) is 0 Å². The molecule has 0 spiro atoms. The Morgan fingerprint density at radius 3 is 2.83 bits per heavy atom. The maximum Gasteiger partial charge on any atom is 0.135 e. The molecule has 0 aliphatic carbocycles. The van der Waals surface area contributed by atoms with E-state index in [9.17, 15) is 0 Å². The van der Waals surface area contributed by atoms with Gasteiger partial charge in [0.05, 0.1) is 0 Å². The van der Waals surface area contributed by atoms with Gasteiger partial charge in [-0.3, -0.25) is 0 Å². The summed E-state index contributed by atoms with van der Waals surface area (Å²) >= 11 is 4.32. The normalized spacial score (nSPS) is 13.5. The van der Waals surface area contributed by atoms with E-state index in [1.165, 1.54) is 0 Å². The van der Waals surface area contributed by atoms with Crippen LogP contribution in [0.2, 0.25) is 0 Å². The van der Waals surface area contributed by atoms with E-state index >= 15 is 0 Å². The molecule has 1 aromatic heterocycles. The fourth-order valence-electron chi connectivity index (χ4n) is 1.06. The Labute approximate surface area is 75.1 Å². The van der Waals surface area contributed by atoms with Crippen LogP contribution in [0.5, 0.6) is 0 Å². The Kier molecular flexibility index (Phi) is 1.77. The van der Waals surface area contributed by atoms with Crippen LogP contribution in [-0.2, 0) is 0 Å². The van der Waals surface area contributed by atoms with E-state index in [1.54, 1.807) is 0 Å². The molecule has 4 heteroatoms. The molecule has 0 aliphatic rings. The molecule has 0 saturated heterocycles. The molecule has 0 amide bonds. The molecule has 1 atom stereocenters. The van der Waals surface area contributed by atoms with Crippen molar-refractivity contribution in [2.75, 3.05) is 0 Å². The minimum Gasteiger partial charge on any atom is -0.243 e. The Balaban J connectivity index is 2.60. The highest BCUT2D eigenvalue weighted by Crippen LogP contribution is 2.21. The average Bonchev–Trinajstić information content (AvgIpc) is 2.49. The molecule has 3 nitrogen and oxygen atoms in total. The number of thiol groups is 1. The van der Waals surface area contributed by atoms with E-state index in [1.807, 2.05) is 25.1 Å². The van der Waals surface area contributed by atoms with E-state index < -0.39 is 0 Å². The Bertz CT molecular complexity index is 397. The topological polar surface area (TPSA) is 38.9 Å². The molecule has 12 heavy (non-hydrogen) atoms. The summed E-state index contributed by atoms with van der Waals surface area (Å²) in [6.45, 7) is 2.01. The van der Waals surface area contributed by atoms with Crippen molar-refractivity contribution in [1.82, 2.24) is 10.3 Å². The van der Waals surface area contributed by atoms with Gasteiger partial charge in [-0.15, -0.1) is 0 Å². The number of rotatable bonds is 1. The molecule has 0 radical (unpaired) electrons. The quantitative estimate of drug-likeness (QED) is 0.684. The second-order valence-corrected chi connectivity index (χ2v) is 3.46. The second kappa shape index (κ2) is 2.79. The molecule has 2 rings (SSSR count). The van der Waals surface area contributed by atoms with Gasteiger partial charge in [-0.25, -0.2) is 4.63 Å². The maximum atomic E-state index is 4.57. The van der Waals surface area contributed by atoms with E-state index in [0.717, 1.165) is 16.6 Å². The molecule has 0 aliphatic heterocycles. The van der Waals surface area contributed by atoms with Crippen LogP contribution in [0.4, 0.5) is 0 Å². The van der Waals surface area contributed by atoms with Gasteiger partial charge in [0.1, 0.15) is 11.0 Å². The molecule has 0 N–H and O–H groups in total. The van der Waals surface area contributed by atoms with Gasteiger partial charge >= 0.3 is 0 Å². The summed E-state index contributed by atoms with van der Waals surface area (Å²) in [6.07, 6.45) is 0. The zero-order valence-electron chi connectivity index (χ0n) is 6.56. The Hall–Kier alpha value is -1.03. The fourth-order valence-corrected chi connectivity index (χ4v) is 1.22. The zero-order valence-corrected chi connectivity index (χ0v) is 7.45. The van der Waals surface area contributed by atoms with Crippen LogP contribution in [0, 0.1) is 0 Å². The first kappa shape index (κ1) is 7.61. The van der Waals surface area contributed by atoms with Crippen molar-refractivity contribution in [2.24, 2.45) is 0 Å². The van der Waals surface area contributed by atoms with Crippen LogP contribution in [0.25, 0.3) is 11.0 Å². The number of aromatic nitrogens is 2. The molecule has 0 fully saturated rings. The van der Waals surface area contributed by atoms with Crippen LogP contribution < -0.4 is 0 Å². The van der Waals surface area contributed by atoms with Crippen LogP contribution in [-0.4, -0.2) is 10.3 Å². The maximum absolute atomic E-state index is 4.57. The third kappa shape index (κ3) is 1.18. The second-order valence-electron chi connectivity index (χ2n) is 2.69. The summed E-state index contributed by atoms with van der Waals surface area (Å²) in [4.78, 5) is 0.